The third kappa shape index (κ3) is 4.55. The van der Waals surface area contributed by atoms with Gasteiger partial charge in [0, 0.05) is 30.7 Å². The van der Waals surface area contributed by atoms with Gasteiger partial charge in [-0.25, -0.2) is 14.3 Å². The maximum absolute atomic E-state index is 12.8. The molecule has 5 nitrogen and oxygen atoms in total. The van der Waals surface area contributed by atoms with Gasteiger partial charge in [0.25, 0.3) is 0 Å². The number of halogens is 1. The molecule has 0 spiro atoms. The summed E-state index contributed by atoms with van der Waals surface area (Å²) < 4.78 is 7.62. The molecular weight excluding hydrogens is 418 g/mol. The summed E-state index contributed by atoms with van der Waals surface area (Å²) >= 11 is 3.36. The van der Waals surface area contributed by atoms with Crippen molar-refractivity contribution >= 4 is 38.7 Å². The SMILES string of the molecule is CN(C)c1ccc(C#Cc2cc3ccc(Br)nc3n2C(=O)OC(C)(C)C)cc1. The highest BCUT2D eigenvalue weighted by atomic mass is 79.9. The highest BCUT2D eigenvalue weighted by Gasteiger charge is 2.22. The topological polar surface area (TPSA) is 47.4 Å². The van der Waals surface area contributed by atoms with E-state index in [1.165, 1.54) is 4.57 Å². The van der Waals surface area contributed by atoms with Crippen LogP contribution in [0.25, 0.3) is 11.0 Å². The Bertz CT molecular complexity index is 1080. The number of benzene rings is 1. The van der Waals surface area contributed by atoms with Crippen molar-refractivity contribution in [1.82, 2.24) is 9.55 Å². The molecule has 0 N–H and O–H groups in total. The summed E-state index contributed by atoms with van der Waals surface area (Å²) in [7, 11) is 3.98. The molecule has 0 aliphatic heterocycles. The van der Waals surface area contributed by atoms with Crippen LogP contribution in [0.5, 0.6) is 0 Å². The number of aromatic nitrogens is 2. The molecule has 3 rings (SSSR count). The van der Waals surface area contributed by atoms with Crippen LogP contribution in [0.2, 0.25) is 0 Å². The minimum absolute atomic E-state index is 0.500. The summed E-state index contributed by atoms with van der Waals surface area (Å²) in [4.78, 5) is 19.3. The van der Waals surface area contributed by atoms with Gasteiger partial charge >= 0.3 is 6.09 Å². The standard InChI is InChI=1S/C22H22BrN3O2/c1-22(2,3)28-21(27)26-18(14-16-9-13-19(23)24-20(16)26)12-8-15-6-10-17(11-7-15)25(4)5/h6-7,9-11,13-14H,1-5H3. The molecule has 0 saturated carbocycles. The van der Waals surface area contributed by atoms with E-state index in [1.54, 1.807) is 0 Å². The zero-order chi connectivity index (χ0) is 20.5. The fraction of sp³-hybridized carbons (Fsp3) is 0.273. The molecular formula is C22H22BrN3O2. The van der Waals surface area contributed by atoms with Crippen LogP contribution in [0, 0.1) is 11.8 Å². The van der Waals surface area contributed by atoms with E-state index in [2.05, 4.69) is 32.8 Å². The fourth-order valence-corrected chi connectivity index (χ4v) is 2.92. The molecule has 0 amide bonds. The summed E-state index contributed by atoms with van der Waals surface area (Å²) in [6.07, 6.45) is -0.500. The van der Waals surface area contributed by atoms with Gasteiger partial charge in [0.2, 0.25) is 0 Å². The second-order valence-corrected chi connectivity index (χ2v) is 8.40. The number of fused-ring (bicyclic) bond motifs is 1. The Hall–Kier alpha value is -2.78. The van der Waals surface area contributed by atoms with Crippen molar-refractivity contribution in [3.8, 4) is 11.8 Å². The number of nitrogens with zero attached hydrogens (tertiary/aromatic N) is 3. The van der Waals surface area contributed by atoms with E-state index >= 15 is 0 Å². The lowest BCUT2D eigenvalue weighted by Gasteiger charge is -2.20. The highest BCUT2D eigenvalue weighted by molar-refractivity contribution is 9.10. The monoisotopic (exact) mass is 439 g/mol. The van der Waals surface area contributed by atoms with E-state index in [-0.39, 0.29) is 0 Å². The lowest BCUT2D eigenvalue weighted by molar-refractivity contribution is 0.0542. The Kier molecular flexibility index (Phi) is 5.48. The molecule has 144 valence electrons. The largest absolute Gasteiger partial charge is 0.443 e. The zero-order valence-corrected chi connectivity index (χ0v) is 18.2. The summed E-state index contributed by atoms with van der Waals surface area (Å²) in [5.74, 6) is 6.22. The Morgan fingerprint density at radius 1 is 1.11 bits per heavy atom. The van der Waals surface area contributed by atoms with Crippen LogP contribution in [-0.4, -0.2) is 35.3 Å². The second kappa shape index (κ2) is 7.69. The van der Waals surface area contributed by atoms with Crippen molar-refractivity contribution in [2.24, 2.45) is 0 Å². The molecule has 1 aromatic carbocycles. The first kappa shape index (κ1) is 20.0. The van der Waals surface area contributed by atoms with Gasteiger partial charge < -0.3 is 9.64 Å². The van der Waals surface area contributed by atoms with Gasteiger partial charge in [-0.3, -0.25) is 0 Å². The molecule has 2 aromatic heterocycles. The molecule has 0 unspecified atom stereocenters. The number of pyridine rings is 1. The van der Waals surface area contributed by atoms with E-state index in [4.69, 9.17) is 4.74 Å². The second-order valence-electron chi connectivity index (χ2n) is 7.58. The van der Waals surface area contributed by atoms with Gasteiger partial charge in [-0.15, -0.1) is 0 Å². The molecule has 28 heavy (non-hydrogen) atoms. The lowest BCUT2D eigenvalue weighted by Crippen LogP contribution is -2.27. The number of anilines is 1. The number of ether oxygens (including phenoxy) is 1. The Morgan fingerprint density at radius 2 is 1.79 bits per heavy atom. The number of hydrogen-bond donors (Lipinski definition) is 0. The van der Waals surface area contributed by atoms with E-state index in [9.17, 15) is 4.79 Å². The molecule has 0 atom stereocenters. The smallest absolute Gasteiger partial charge is 0.421 e. The van der Waals surface area contributed by atoms with Gasteiger partial charge in [0.05, 0.1) is 0 Å². The Labute approximate surface area is 173 Å². The van der Waals surface area contributed by atoms with Crippen LogP contribution < -0.4 is 4.90 Å². The van der Waals surface area contributed by atoms with Gasteiger partial charge in [-0.2, -0.15) is 0 Å². The zero-order valence-electron chi connectivity index (χ0n) is 16.6. The normalized spacial score (nSPS) is 11.1. The molecule has 3 aromatic rings. The third-order valence-electron chi connectivity index (χ3n) is 3.91. The van der Waals surface area contributed by atoms with Gasteiger partial charge in [-0.05, 0) is 85.1 Å². The van der Waals surface area contributed by atoms with Crippen molar-refractivity contribution in [3.05, 3.63) is 58.3 Å². The molecule has 0 saturated heterocycles. The van der Waals surface area contributed by atoms with E-state index in [0.29, 0.717) is 15.9 Å². The summed E-state index contributed by atoms with van der Waals surface area (Å²) in [5.41, 5.74) is 2.39. The van der Waals surface area contributed by atoms with E-state index in [1.807, 2.05) is 82.2 Å². The first-order valence-corrected chi connectivity index (χ1v) is 9.64. The molecule has 0 aliphatic rings. The number of rotatable bonds is 1. The molecule has 6 heteroatoms. The number of carbonyl (C=O) groups excluding carboxylic acids is 1. The molecule has 0 fully saturated rings. The van der Waals surface area contributed by atoms with Crippen molar-refractivity contribution in [2.45, 2.75) is 26.4 Å². The average Bonchev–Trinajstić information content (AvgIpc) is 2.96. The van der Waals surface area contributed by atoms with Crippen LogP contribution in [0.4, 0.5) is 10.5 Å². The van der Waals surface area contributed by atoms with Crippen LogP contribution in [0.1, 0.15) is 32.0 Å². The number of hydrogen-bond acceptors (Lipinski definition) is 4. The maximum atomic E-state index is 12.8. The highest BCUT2D eigenvalue weighted by Crippen LogP contribution is 2.22. The van der Waals surface area contributed by atoms with Crippen molar-refractivity contribution < 1.29 is 9.53 Å². The van der Waals surface area contributed by atoms with Crippen LogP contribution >= 0.6 is 15.9 Å². The Balaban J connectivity index is 2.06. The number of carbonyl (C=O) groups is 1. The minimum Gasteiger partial charge on any atom is -0.443 e. The third-order valence-corrected chi connectivity index (χ3v) is 4.35. The van der Waals surface area contributed by atoms with Crippen LogP contribution in [-0.2, 0) is 4.74 Å². The average molecular weight is 440 g/mol. The predicted molar refractivity (Wildman–Crippen MR) is 116 cm³/mol. The first-order valence-electron chi connectivity index (χ1n) is 8.85. The molecule has 0 aliphatic carbocycles. The molecule has 0 radical (unpaired) electrons. The lowest BCUT2D eigenvalue weighted by atomic mass is 10.2. The first-order chi connectivity index (χ1) is 13.1. The van der Waals surface area contributed by atoms with Crippen molar-refractivity contribution in [1.29, 1.82) is 0 Å². The summed E-state index contributed by atoms with van der Waals surface area (Å²) in [6.45, 7) is 5.49. The summed E-state index contributed by atoms with van der Waals surface area (Å²) in [5, 5.41) is 0.821. The van der Waals surface area contributed by atoms with Crippen molar-refractivity contribution in [2.75, 3.05) is 19.0 Å². The fourth-order valence-electron chi connectivity index (χ4n) is 2.62. The van der Waals surface area contributed by atoms with Gasteiger partial charge in [0.1, 0.15) is 15.9 Å². The van der Waals surface area contributed by atoms with Gasteiger partial charge in [0.15, 0.2) is 5.65 Å². The van der Waals surface area contributed by atoms with E-state index in [0.717, 1.165) is 16.6 Å². The quantitative estimate of drug-likeness (QED) is 0.393. The van der Waals surface area contributed by atoms with Crippen LogP contribution in [0.3, 0.4) is 0 Å². The molecule has 2 heterocycles. The Morgan fingerprint density at radius 3 is 2.39 bits per heavy atom. The maximum Gasteiger partial charge on any atom is 0.421 e. The van der Waals surface area contributed by atoms with Gasteiger partial charge in [-0.1, -0.05) is 5.92 Å². The van der Waals surface area contributed by atoms with E-state index < -0.39 is 11.7 Å². The predicted octanol–water partition coefficient (Wildman–Crippen LogP) is 5.05. The minimum atomic E-state index is -0.619. The molecule has 0 bridgehead atoms. The summed E-state index contributed by atoms with van der Waals surface area (Å²) in [6, 6.07) is 13.5. The van der Waals surface area contributed by atoms with Crippen molar-refractivity contribution in [3.63, 3.8) is 0 Å². The van der Waals surface area contributed by atoms with Crippen LogP contribution in [0.15, 0.2) is 47.1 Å².